The van der Waals surface area contributed by atoms with Gasteiger partial charge in [0.25, 0.3) is 5.91 Å². The second kappa shape index (κ2) is 7.79. The normalized spacial score (nSPS) is 21.7. The molecule has 1 fully saturated rings. The molecule has 2 atom stereocenters. The average molecular weight is 412 g/mol. The summed E-state index contributed by atoms with van der Waals surface area (Å²) in [6.45, 7) is 4.90. The van der Waals surface area contributed by atoms with Crippen molar-refractivity contribution >= 4 is 29.0 Å². The summed E-state index contributed by atoms with van der Waals surface area (Å²) in [6, 6.07) is 14.9. The number of carbonyl (C=O) groups excluding carboxylic acids is 1. The number of fused-ring (bicyclic) bond motifs is 1. The second-order valence-electron chi connectivity index (χ2n) is 7.09. The van der Waals surface area contributed by atoms with E-state index in [1.807, 2.05) is 0 Å². The smallest absolute Gasteiger partial charge is 0.264 e. The highest BCUT2D eigenvalue weighted by Crippen LogP contribution is 2.42. The Labute approximate surface area is 172 Å². The van der Waals surface area contributed by atoms with Crippen LogP contribution < -0.4 is 0 Å². The maximum atomic E-state index is 12.9. The third-order valence-electron chi connectivity index (χ3n) is 5.37. The lowest BCUT2D eigenvalue weighted by Gasteiger charge is -2.40. The van der Waals surface area contributed by atoms with Gasteiger partial charge in [-0.05, 0) is 17.0 Å². The van der Waals surface area contributed by atoms with E-state index in [1.54, 1.807) is 23.1 Å². The molecule has 1 aromatic carbocycles. The zero-order chi connectivity index (χ0) is 18.9. The number of hydrogen-bond acceptors (Lipinski definition) is 7. The quantitative estimate of drug-likeness (QED) is 0.643. The molecule has 0 radical (unpaired) electrons. The lowest BCUT2D eigenvalue weighted by atomic mass is 10.1. The maximum absolute atomic E-state index is 12.9. The number of aromatic nitrogens is 3. The summed E-state index contributed by atoms with van der Waals surface area (Å²) in [5.74, 6) is 0.0441. The van der Waals surface area contributed by atoms with E-state index < -0.39 is 0 Å². The molecule has 6 nitrogen and oxygen atoms in total. The summed E-state index contributed by atoms with van der Waals surface area (Å²) in [6.07, 6.45) is 1.46. The van der Waals surface area contributed by atoms with E-state index in [-0.39, 0.29) is 17.2 Å². The van der Waals surface area contributed by atoms with Crippen LogP contribution in [0, 0.1) is 0 Å². The lowest BCUT2D eigenvalue weighted by Crippen LogP contribution is -2.50. The van der Waals surface area contributed by atoms with Crippen LogP contribution in [-0.2, 0) is 6.54 Å². The summed E-state index contributed by atoms with van der Waals surface area (Å²) in [4.78, 5) is 23.4. The van der Waals surface area contributed by atoms with Gasteiger partial charge < -0.3 is 0 Å². The van der Waals surface area contributed by atoms with Crippen molar-refractivity contribution in [3.63, 3.8) is 0 Å². The van der Waals surface area contributed by atoms with Crippen LogP contribution in [-0.4, -0.2) is 61.9 Å². The molecule has 1 saturated heterocycles. The zero-order valence-corrected chi connectivity index (χ0v) is 17.0. The summed E-state index contributed by atoms with van der Waals surface area (Å²) >= 11 is 3.27. The number of rotatable bonds is 5. The molecule has 28 heavy (non-hydrogen) atoms. The van der Waals surface area contributed by atoms with Crippen molar-refractivity contribution in [1.82, 2.24) is 24.6 Å². The minimum absolute atomic E-state index is 0.0441. The summed E-state index contributed by atoms with van der Waals surface area (Å²) in [5, 5.41) is 6.72. The highest BCUT2D eigenvalue weighted by molar-refractivity contribution is 8.01. The number of benzene rings is 1. The number of nitrogens with zero attached hydrogens (tertiary/aromatic N) is 5. The summed E-state index contributed by atoms with van der Waals surface area (Å²) < 4.78 is 1.46. The van der Waals surface area contributed by atoms with Gasteiger partial charge in [0.15, 0.2) is 5.16 Å². The largest absolute Gasteiger partial charge is 0.297 e. The van der Waals surface area contributed by atoms with E-state index in [2.05, 4.69) is 67.7 Å². The first kappa shape index (κ1) is 18.1. The predicted octanol–water partition coefficient (Wildman–Crippen LogP) is 3.01. The topological polar surface area (TPSA) is 54.3 Å². The van der Waals surface area contributed by atoms with Gasteiger partial charge in [0, 0.05) is 37.6 Å². The van der Waals surface area contributed by atoms with Crippen LogP contribution >= 0.6 is 23.1 Å². The van der Waals surface area contributed by atoms with Crippen LogP contribution in [0.1, 0.15) is 21.3 Å². The van der Waals surface area contributed by atoms with Crippen molar-refractivity contribution in [3.8, 4) is 0 Å². The Balaban J connectivity index is 1.31. The van der Waals surface area contributed by atoms with E-state index in [9.17, 15) is 4.79 Å². The third kappa shape index (κ3) is 3.41. The Bertz CT molecular complexity index is 935. The Morgan fingerprint density at radius 2 is 1.89 bits per heavy atom. The van der Waals surface area contributed by atoms with Gasteiger partial charge in [-0.15, -0.1) is 11.3 Å². The molecule has 0 amide bonds. The van der Waals surface area contributed by atoms with E-state index in [0.29, 0.717) is 5.16 Å². The van der Waals surface area contributed by atoms with Crippen LogP contribution in [0.3, 0.4) is 0 Å². The van der Waals surface area contributed by atoms with E-state index in [4.69, 9.17) is 0 Å². The SMILES string of the molecule is O=C1C(C(c2cccs2)N2CCN(Cc3ccccc3)CC2)Sc2ncnn21. The van der Waals surface area contributed by atoms with Gasteiger partial charge in [0.1, 0.15) is 11.6 Å². The first-order chi connectivity index (χ1) is 13.8. The van der Waals surface area contributed by atoms with Gasteiger partial charge in [-0.1, -0.05) is 48.2 Å². The van der Waals surface area contributed by atoms with E-state index in [0.717, 1.165) is 32.7 Å². The average Bonchev–Trinajstić information content (AvgIpc) is 3.46. The van der Waals surface area contributed by atoms with Crippen LogP contribution in [0.2, 0.25) is 0 Å². The first-order valence-corrected chi connectivity index (χ1v) is 11.2. The molecule has 5 rings (SSSR count). The highest BCUT2D eigenvalue weighted by atomic mass is 32.2. The summed E-state index contributed by atoms with van der Waals surface area (Å²) in [5.41, 5.74) is 1.35. The fourth-order valence-electron chi connectivity index (χ4n) is 3.97. The maximum Gasteiger partial charge on any atom is 0.264 e. The molecule has 2 aromatic heterocycles. The number of thioether (sulfide) groups is 1. The molecule has 0 saturated carbocycles. The minimum Gasteiger partial charge on any atom is -0.297 e. The van der Waals surface area contributed by atoms with Gasteiger partial charge >= 0.3 is 0 Å². The predicted molar refractivity (Wildman–Crippen MR) is 111 cm³/mol. The summed E-state index contributed by atoms with van der Waals surface area (Å²) in [7, 11) is 0. The van der Waals surface area contributed by atoms with Gasteiger partial charge in [0.2, 0.25) is 0 Å². The molecular weight excluding hydrogens is 390 g/mol. The number of carbonyl (C=O) groups is 1. The lowest BCUT2D eigenvalue weighted by molar-refractivity contribution is 0.0722. The van der Waals surface area contributed by atoms with E-state index in [1.165, 1.54) is 21.4 Å². The Morgan fingerprint density at radius 1 is 1.07 bits per heavy atom. The molecule has 0 N–H and O–H groups in total. The van der Waals surface area contributed by atoms with Crippen molar-refractivity contribution in [3.05, 3.63) is 64.6 Å². The van der Waals surface area contributed by atoms with Crippen LogP contribution in [0.15, 0.2) is 59.3 Å². The highest BCUT2D eigenvalue weighted by Gasteiger charge is 2.43. The second-order valence-corrected chi connectivity index (χ2v) is 9.18. The fourth-order valence-corrected chi connectivity index (χ4v) is 6.17. The number of thiophene rings is 1. The molecular formula is C20H21N5OS2. The Kier molecular flexibility index (Phi) is 5.02. The van der Waals surface area contributed by atoms with Crippen LogP contribution in [0.5, 0.6) is 0 Å². The molecule has 3 aromatic rings. The fraction of sp³-hybridized carbons (Fsp3) is 0.350. The van der Waals surface area contributed by atoms with Gasteiger partial charge in [-0.25, -0.2) is 4.98 Å². The van der Waals surface area contributed by atoms with Crippen molar-refractivity contribution in [2.75, 3.05) is 26.2 Å². The standard InChI is InChI=1S/C20H21N5OS2/c26-19-18(28-20-21-14-22-25(19)20)17(16-7-4-12-27-16)24-10-8-23(9-11-24)13-15-5-2-1-3-6-15/h1-7,12,14,17-18H,8-11,13H2. The van der Waals surface area contributed by atoms with Crippen molar-refractivity contribution in [1.29, 1.82) is 0 Å². The Hall–Kier alpha value is -2.00. The van der Waals surface area contributed by atoms with Crippen molar-refractivity contribution in [2.45, 2.75) is 23.0 Å². The van der Waals surface area contributed by atoms with Crippen LogP contribution in [0.25, 0.3) is 0 Å². The van der Waals surface area contributed by atoms with E-state index >= 15 is 0 Å². The number of hydrogen-bond donors (Lipinski definition) is 0. The molecule has 4 heterocycles. The van der Waals surface area contributed by atoms with Crippen LogP contribution in [0.4, 0.5) is 0 Å². The van der Waals surface area contributed by atoms with Gasteiger partial charge in [-0.2, -0.15) is 9.78 Å². The third-order valence-corrected chi connectivity index (χ3v) is 7.52. The molecule has 8 heteroatoms. The molecule has 2 aliphatic rings. The van der Waals surface area contributed by atoms with Gasteiger partial charge in [-0.3, -0.25) is 14.6 Å². The molecule has 0 spiro atoms. The van der Waals surface area contributed by atoms with Crippen molar-refractivity contribution < 1.29 is 4.79 Å². The number of piperazine rings is 1. The first-order valence-electron chi connectivity index (χ1n) is 9.44. The van der Waals surface area contributed by atoms with Gasteiger partial charge in [0.05, 0.1) is 6.04 Å². The Morgan fingerprint density at radius 3 is 2.61 bits per heavy atom. The molecule has 0 bridgehead atoms. The zero-order valence-electron chi connectivity index (χ0n) is 15.3. The molecule has 0 aliphatic carbocycles. The molecule has 2 aliphatic heterocycles. The van der Waals surface area contributed by atoms with Crippen molar-refractivity contribution in [2.24, 2.45) is 0 Å². The minimum atomic E-state index is -0.185. The monoisotopic (exact) mass is 411 g/mol. The molecule has 2 unspecified atom stereocenters. The molecule has 144 valence electrons.